The fourth-order valence-electron chi connectivity index (χ4n) is 9.12. The molecule has 7 aromatic rings. The van der Waals surface area contributed by atoms with Crippen LogP contribution in [0.4, 0.5) is 25.8 Å². The lowest BCUT2D eigenvalue weighted by molar-refractivity contribution is -0.154. The van der Waals surface area contributed by atoms with Gasteiger partial charge in [-0.05, 0) is 154 Å². The minimum Gasteiger partial charge on any atom is -0.464 e. The van der Waals surface area contributed by atoms with Crippen LogP contribution in [0.1, 0.15) is 95.5 Å². The molecule has 0 saturated carbocycles. The molecule has 2 aliphatic rings. The Morgan fingerprint density at radius 3 is 1.42 bits per heavy atom. The normalized spacial score (nSPS) is 12.2. The second-order valence-electron chi connectivity index (χ2n) is 20.9. The lowest BCUT2D eigenvalue weighted by Crippen LogP contribution is -2.37. The number of rotatable bonds is 19. The topological polar surface area (TPSA) is 202 Å². The molecule has 0 fully saturated rings. The van der Waals surface area contributed by atoms with Crippen LogP contribution in [-0.2, 0) is 48.0 Å². The Balaban J connectivity index is 0.000000175. The summed E-state index contributed by atoms with van der Waals surface area (Å²) in [5.74, 6) is -0.929. The van der Waals surface area contributed by atoms with Crippen molar-refractivity contribution in [1.29, 1.82) is 0 Å². The fraction of sp³-hybridized carbons (Fsp3) is 0.333. The third-order valence-corrected chi connectivity index (χ3v) is 14.7. The number of amides is 6. The van der Waals surface area contributed by atoms with E-state index in [1.165, 1.54) is 55.3 Å². The maximum atomic E-state index is 12.1. The van der Waals surface area contributed by atoms with Crippen LogP contribution in [0.5, 0.6) is 0 Å². The van der Waals surface area contributed by atoms with E-state index < -0.39 is 5.41 Å². The molecule has 7 aromatic carbocycles. The predicted octanol–water partition coefficient (Wildman–Crippen LogP) is 12.7. The van der Waals surface area contributed by atoms with Crippen molar-refractivity contribution >= 4 is 68.9 Å². The van der Waals surface area contributed by atoms with Gasteiger partial charge in [0.1, 0.15) is 19.8 Å². The number of carbonyl (C=O) groups is 6. The molecule has 0 radical (unpaired) electrons. The highest BCUT2D eigenvalue weighted by atomic mass is 16.5. The number of esters is 3. The van der Waals surface area contributed by atoms with Crippen molar-refractivity contribution in [2.45, 2.75) is 87.1 Å². The van der Waals surface area contributed by atoms with Crippen LogP contribution in [0.2, 0.25) is 0 Å². The zero-order valence-corrected chi connectivity index (χ0v) is 47.6. The highest BCUT2D eigenvalue weighted by Gasteiger charge is 2.27. The molecule has 81 heavy (non-hydrogen) atoms. The van der Waals surface area contributed by atoms with Gasteiger partial charge in [-0.2, -0.15) is 0 Å². The standard InChI is InChI=1S/C23H26N2O3.C22H26N2O3.C21H24N2O3/c1-3-16(2)22(26)28-12-11-24-23(27)25-15-20-10-6-9-19-13-17-7-4-5-8-18(17)14-21(19)20;1-4-22(2,3)20(25)27-12-11-23-21(26)24-17-9-10-19-16(14-17)13-15-7-5-6-8-18(15)19;1-3-14(2)20(24)26-11-10-22-21(25)23-17-8-9-19-16(13-17)12-15-6-4-5-7-18(15)19/h4-10,13-14,16H,3,11-12,15H2,1-2H3,(H2,24,25,27);5-10,14H,4,11-13H2,1-3H3,(H2,23,24,26);4-9,13-14H,3,10-12H2,1-2H3,(H2,22,23,25). The summed E-state index contributed by atoms with van der Waals surface area (Å²) in [6.45, 7) is 15.0. The Morgan fingerprint density at radius 1 is 0.469 bits per heavy atom. The van der Waals surface area contributed by atoms with Crippen LogP contribution in [-0.4, -0.2) is 75.5 Å². The van der Waals surface area contributed by atoms with E-state index in [0.29, 0.717) is 13.0 Å². The zero-order valence-electron chi connectivity index (χ0n) is 47.6. The van der Waals surface area contributed by atoms with E-state index in [0.717, 1.165) is 53.4 Å². The van der Waals surface area contributed by atoms with Gasteiger partial charge in [0.15, 0.2) is 0 Å². The summed E-state index contributed by atoms with van der Waals surface area (Å²) in [4.78, 5) is 71.1. The van der Waals surface area contributed by atoms with Crippen LogP contribution in [0.15, 0.2) is 140 Å². The number of hydrogen-bond acceptors (Lipinski definition) is 9. The first-order valence-electron chi connectivity index (χ1n) is 28.0. The number of carbonyl (C=O) groups excluding carboxylic acids is 6. The average molecular weight is 1100 g/mol. The fourth-order valence-corrected chi connectivity index (χ4v) is 9.12. The van der Waals surface area contributed by atoms with Crippen LogP contribution in [0.25, 0.3) is 43.8 Å². The number of fused-ring (bicyclic) bond motifs is 8. The van der Waals surface area contributed by atoms with E-state index >= 15 is 0 Å². The zero-order chi connectivity index (χ0) is 57.9. The number of anilines is 2. The second kappa shape index (κ2) is 28.9. The molecule has 15 heteroatoms. The quantitative estimate of drug-likeness (QED) is 0.0197. The lowest BCUT2D eigenvalue weighted by atomic mass is 9.91. The molecule has 0 spiro atoms. The van der Waals surface area contributed by atoms with Gasteiger partial charge in [0, 0.05) is 17.9 Å². The molecule has 2 aliphatic carbocycles. The maximum absolute atomic E-state index is 12.1. The average Bonchev–Trinajstić information content (AvgIpc) is 4.30. The first kappa shape index (κ1) is 59.9. The van der Waals surface area contributed by atoms with Crippen molar-refractivity contribution in [3.8, 4) is 22.3 Å². The molecule has 424 valence electrons. The van der Waals surface area contributed by atoms with Gasteiger partial charge in [-0.1, -0.05) is 138 Å². The molecule has 9 rings (SSSR count). The molecule has 2 unspecified atom stereocenters. The van der Waals surface area contributed by atoms with Crippen molar-refractivity contribution in [3.05, 3.63) is 167 Å². The van der Waals surface area contributed by atoms with Crippen molar-refractivity contribution in [2.75, 3.05) is 50.1 Å². The van der Waals surface area contributed by atoms with E-state index in [2.05, 4.69) is 86.5 Å². The Hall–Kier alpha value is -8.72. The third kappa shape index (κ3) is 16.7. The van der Waals surface area contributed by atoms with Gasteiger partial charge in [0.2, 0.25) is 0 Å². The smallest absolute Gasteiger partial charge is 0.319 e. The Bertz CT molecular complexity index is 3360. The van der Waals surface area contributed by atoms with Crippen LogP contribution in [0.3, 0.4) is 0 Å². The molecule has 0 bridgehead atoms. The van der Waals surface area contributed by atoms with Crippen LogP contribution in [0, 0.1) is 17.3 Å². The van der Waals surface area contributed by atoms with E-state index in [4.69, 9.17) is 14.2 Å². The Morgan fingerprint density at radius 2 is 0.914 bits per heavy atom. The van der Waals surface area contributed by atoms with Crippen LogP contribution >= 0.6 is 0 Å². The van der Waals surface area contributed by atoms with E-state index in [9.17, 15) is 28.8 Å². The minimum absolute atomic E-state index is 0.112. The molecule has 6 amide bonds. The maximum Gasteiger partial charge on any atom is 0.319 e. The molecular formula is C66H76N6O9. The minimum atomic E-state index is -0.496. The monoisotopic (exact) mass is 1100 g/mol. The summed E-state index contributed by atoms with van der Waals surface area (Å²) in [7, 11) is 0. The summed E-state index contributed by atoms with van der Waals surface area (Å²) in [6, 6.07) is 46.4. The van der Waals surface area contributed by atoms with Crippen molar-refractivity contribution in [2.24, 2.45) is 17.3 Å². The van der Waals surface area contributed by atoms with E-state index in [1.54, 1.807) is 0 Å². The Kier molecular flexibility index (Phi) is 21.4. The van der Waals surface area contributed by atoms with Crippen molar-refractivity contribution < 1.29 is 43.0 Å². The number of nitrogens with one attached hydrogen (secondary N) is 6. The molecule has 0 saturated heterocycles. The van der Waals surface area contributed by atoms with Crippen molar-refractivity contribution in [3.63, 3.8) is 0 Å². The van der Waals surface area contributed by atoms with Gasteiger partial charge in [0.05, 0.1) is 36.9 Å². The van der Waals surface area contributed by atoms with Gasteiger partial charge >= 0.3 is 36.0 Å². The van der Waals surface area contributed by atoms with Crippen LogP contribution < -0.4 is 31.9 Å². The highest BCUT2D eigenvalue weighted by molar-refractivity contribution is 6.00. The van der Waals surface area contributed by atoms with Crippen molar-refractivity contribution in [1.82, 2.24) is 21.3 Å². The lowest BCUT2D eigenvalue weighted by Gasteiger charge is -2.20. The first-order valence-corrected chi connectivity index (χ1v) is 28.0. The number of urea groups is 3. The molecule has 2 atom stereocenters. The third-order valence-electron chi connectivity index (χ3n) is 14.7. The SMILES string of the molecule is CCC(C)(C)C(=O)OCCNC(=O)Nc1ccc2c(c1)Cc1ccccc1-2.CCC(C)C(=O)OCCNC(=O)NCc1cccc2cc3ccccc3cc12.CCC(C)C(=O)OCCNC(=O)Nc1ccc2c(c1)Cc1ccccc1-2. The predicted molar refractivity (Wildman–Crippen MR) is 321 cm³/mol. The Labute approximate surface area is 475 Å². The number of ether oxygens (including phenoxy) is 3. The van der Waals surface area contributed by atoms with E-state index in [-0.39, 0.29) is 87.3 Å². The molecule has 0 aromatic heterocycles. The summed E-state index contributed by atoms with van der Waals surface area (Å²) >= 11 is 0. The van der Waals surface area contributed by atoms with Gasteiger partial charge in [-0.15, -0.1) is 0 Å². The second-order valence-corrected chi connectivity index (χ2v) is 20.9. The van der Waals surface area contributed by atoms with Gasteiger partial charge < -0.3 is 46.1 Å². The summed E-state index contributed by atoms with van der Waals surface area (Å²) in [5, 5.41) is 21.3. The summed E-state index contributed by atoms with van der Waals surface area (Å²) in [6.07, 6.45) is 3.96. The molecule has 0 aliphatic heterocycles. The first-order chi connectivity index (χ1) is 39.1. The molecule has 15 nitrogen and oxygen atoms in total. The largest absolute Gasteiger partial charge is 0.464 e. The molecular weight excluding hydrogens is 1020 g/mol. The number of benzene rings is 7. The van der Waals surface area contributed by atoms with Gasteiger partial charge in [-0.3, -0.25) is 14.4 Å². The highest BCUT2D eigenvalue weighted by Crippen LogP contribution is 2.39. The molecule has 6 N–H and O–H groups in total. The summed E-state index contributed by atoms with van der Waals surface area (Å²) < 4.78 is 15.4. The van der Waals surface area contributed by atoms with Gasteiger partial charge in [0.25, 0.3) is 0 Å². The molecule has 0 heterocycles. The number of hydrogen-bond donors (Lipinski definition) is 6. The van der Waals surface area contributed by atoms with Gasteiger partial charge in [-0.25, -0.2) is 14.4 Å². The summed E-state index contributed by atoms with van der Waals surface area (Å²) in [5.41, 5.74) is 12.1. The van der Waals surface area contributed by atoms with E-state index in [1.807, 2.05) is 133 Å².